The fourth-order valence-corrected chi connectivity index (χ4v) is 1.26. The number of pyridine rings is 1. The van der Waals surface area contributed by atoms with E-state index in [0.717, 1.165) is 16.8 Å². The Kier molecular flexibility index (Phi) is 1.85. The molecule has 3 nitrogen and oxygen atoms in total. The molecule has 0 bridgehead atoms. The summed E-state index contributed by atoms with van der Waals surface area (Å²) in [7, 11) is 1.96. The Morgan fingerprint density at radius 2 is 2.15 bits per heavy atom. The summed E-state index contributed by atoms with van der Waals surface area (Å²) in [5.41, 5.74) is 3.20. The molecular weight excluding hydrogens is 162 g/mol. The van der Waals surface area contributed by atoms with Crippen LogP contribution in [0, 0.1) is 6.92 Å². The quantitative estimate of drug-likeness (QED) is 0.658. The number of aromatic nitrogens is 3. The van der Waals surface area contributed by atoms with Crippen molar-refractivity contribution in [3.63, 3.8) is 0 Å². The van der Waals surface area contributed by atoms with Crippen LogP contribution >= 0.6 is 0 Å². The molecular formula is C10H11N3. The molecule has 0 aliphatic heterocycles. The van der Waals surface area contributed by atoms with E-state index in [4.69, 9.17) is 0 Å². The Morgan fingerprint density at radius 3 is 2.77 bits per heavy atom. The van der Waals surface area contributed by atoms with Gasteiger partial charge in [0.15, 0.2) is 0 Å². The average molecular weight is 173 g/mol. The van der Waals surface area contributed by atoms with Gasteiger partial charge in [0.1, 0.15) is 0 Å². The second kappa shape index (κ2) is 3.01. The van der Waals surface area contributed by atoms with Crippen LogP contribution < -0.4 is 0 Å². The van der Waals surface area contributed by atoms with Crippen molar-refractivity contribution < 1.29 is 0 Å². The maximum absolute atomic E-state index is 4.25. The van der Waals surface area contributed by atoms with Gasteiger partial charge in [0.05, 0.1) is 12.0 Å². The summed E-state index contributed by atoms with van der Waals surface area (Å²) in [6.45, 7) is 2.03. The van der Waals surface area contributed by atoms with Crippen LogP contribution in [-0.2, 0) is 7.05 Å². The summed E-state index contributed by atoms with van der Waals surface area (Å²) in [6, 6.07) is 2.08. The van der Waals surface area contributed by atoms with E-state index >= 15 is 0 Å². The van der Waals surface area contributed by atoms with Crippen molar-refractivity contribution in [2.45, 2.75) is 6.92 Å². The SMILES string of the molecule is Cc1cncc(-c2cn(C)cn2)c1. The lowest BCUT2D eigenvalue weighted by Gasteiger charge is -1.96. The number of hydrogen-bond donors (Lipinski definition) is 0. The first kappa shape index (κ1) is 7.98. The molecule has 0 N–H and O–H groups in total. The van der Waals surface area contributed by atoms with Gasteiger partial charge < -0.3 is 4.57 Å². The van der Waals surface area contributed by atoms with E-state index in [1.165, 1.54) is 0 Å². The van der Waals surface area contributed by atoms with E-state index in [2.05, 4.69) is 16.0 Å². The summed E-state index contributed by atoms with van der Waals surface area (Å²) in [5, 5.41) is 0. The van der Waals surface area contributed by atoms with Crippen LogP contribution in [0.5, 0.6) is 0 Å². The van der Waals surface area contributed by atoms with E-state index in [0.29, 0.717) is 0 Å². The largest absolute Gasteiger partial charge is 0.340 e. The molecule has 66 valence electrons. The first-order chi connectivity index (χ1) is 6.25. The molecule has 0 saturated heterocycles. The van der Waals surface area contributed by atoms with Gasteiger partial charge in [0.2, 0.25) is 0 Å². The lowest BCUT2D eigenvalue weighted by atomic mass is 10.2. The number of aryl methyl sites for hydroxylation is 2. The molecule has 0 amide bonds. The summed E-state index contributed by atoms with van der Waals surface area (Å²) < 4.78 is 1.93. The van der Waals surface area contributed by atoms with Crippen molar-refractivity contribution >= 4 is 0 Å². The second-order valence-corrected chi connectivity index (χ2v) is 3.18. The van der Waals surface area contributed by atoms with Gasteiger partial charge in [0, 0.05) is 31.2 Å². The van der Waals surface area contributed by atoms with Crippen LogP contribution in [0.25, 0.3) is 11.3 Å². The molecule has 0 radical (unpaired) electrons. The van der Waals surface area contributed by atoms with Crippen molar-refractivity contribution in [1.82, 2.24) is 14.5 Å². The van der Waals surface area contributed by atoms with Crippen LogP contribution in [-0.4, -0.2) is 14.5 Å². The smallest absolute Gasteiger partial charge is 0.0951 e. The van der Waals surface area contributed by atoms with Crippen LogP contribution in [0.1, 0.15) is 5.56 Å². The summed E-state index contributed by atoms with van der Waals surface area (Å²) in [4.78, 5) is 8.37. The number of imidazole rings is 1. The maximum atomic E-state index is 4.25. The highest BCUT2D eigenvalue weighted by Crippen LogP contribution is 2.15. The predicted molar refractivity (Wildman–Crippen MR) is 51.2 cm³/mol. The van der Waals surface area contributed by atoms with Crippen molar-refractivity contribution in [3.8, 4) is 11.3 Å². The molecule has 0 aliphatic carbocycles. The molecule has 2 aromatic heterocycles. The fraction of sp³-hybridized carbons (Fsp3) is 0.200. The minimum atomic E-state index is 0.971. The van der Waals surface area contributed by atoms with Gasteiger partial charge in [-0.2, -0.15) is 0 Å². The third kappa shape index (κ3) is 1.59. The van der Waals surface area contributed by atoms with Gasteiger partial charge in [-0.15, -0.1) is 0 Å². The lowest BCUT2D eigenvalue weighted by Crippen LogP contribution is -1.82. The van der Waals surface area contributed by atoms with Crippen LogP contribution in [0.15, 0.2) is 31.0 Å². The third-order valence-electron chi connectivity index (χ3n) is 1.88. The average Bonchev–Trinajstić information content (AvgIpc) is 2.52. The summed E-state index contributed by atoms with van der Waals surface area (Å²) >= 11 is 0. The molecule has 13 heavy (non-hydrogen) atoms. The summed E-state index contributed by atoms with van der Waals surface area (Å²) in [6.07, 6.45) is 7.44. The van der Waals surface area contributed by atoms with E-state index in [9.17, 15) is 0 Å². The first-order valence-corrected chi connectivity index (χ1v) is 4.16. The zero-order chi connectivity index (χ0) is 9.26. The van der Waals surface area contributed by atoms with Crippen LogP contribution in [0.2, 0.25) is 0 Å². The lowest BCUT2D eigenvalue weighted by molar-refractivity contribution is 0.913. The molecule has 2 aromatic rings. The zero-order valence-corrected chi connectivity index (χ0v) is 7.73. The molecule has 2 heterocycles. The van der Waals surface area contributed by atoms with Gasteiger partial charge >= 0.3 is 0 Å². The molecule has 0 spiro atoms. The van der Waals surface area contributed by atoms with Crippen LogP contribution in [0.3, 0.4) is 0 Å². The van der Waals surface area contributed by atoms with Gasteiger partial charge in [-0.1, -0.05) is 0 Å². The molecule has 0 fully saturated rings. The Hall–Kier alpha value is -1.64. The van der Waals surface area contributed by atoms with E-state index in [1.807, 2.05) is 37.1 Å². The van der Waals surface area contributed by atoms with Crippen molar-refractivity contribution in [2.75, 3.05) is 0 Å². The van der Waals surface area contributed by atoms with E-state index < -0.39 is 0 Å². The minimum Gasteiger partial charge on any atom is -0.340 e. The summed E-state index contributed by atoms with van der Waals surface area (Å²) in [5.74, 6) is 0. The standard InChI is InChI=1S/C10H11N3/c1-8-3-9(5-11-4-8)10-6-13(2)7-12-10/h3-7H,1-2H3. The molecule has 0 saturated carbocycles. The van der Waals surface area contributed by atoms with E-state index in [-0.39, 0.29) is 0 Å². The van der Waals surface area contributed by atoms with Gasteiger partial charge in [-0.05, 0) is 18.6 Å². The van der Waals surface area contributed by atoms with Crippen LogP contribution in [0.4, 0.5) is 0 Å². The molecule has 2 rings (SSSR count). The Labute approximate surface area is 77.1 Å². The predicted octanol–water partition coefficient (Wildman–Crippen LogP) is 1.79. The van der Waals surface area contributed by atoms with Crippen molar-refractivity contribution in [3.05, 3.63) is 36.5 Å². The highest BCUT2D eigenvalue weighted by atomic mass is 15.0. The number of nitrogens with zero attached hydrogens (tertiary/aromatic N) is 3. The van der Waals surface area contributed by atoms with E-state index in [1.54, 1.807) is 6.33 Å². The second-order valence-electron chi connectivity index (χ2n) is 3.18. The first-order valence-electron chi connectivity index (χ1n) is 4.16. The molecule has 0 aromatic carbocycles. The van der Waals surface area contributed by atoms with Crippen molar-refractivity contribution in [2.24, 2.45) is 7.05 Å². The highest BCUT2D eigenvalue weighted by Gasteiger charge is 2.00. The molecule has 0 atom stereocenters. The normalized spacial score (nSPS) is 10.3. The molecule has 0 aliphatic rings. The number of hydrogen-bond acceptors (Lipinski definition) is 2. The molecule has 3 heteroatoms. The molecule has 0 unspecified atom stereocenters. The zero-order valence-electron chi connectivity index (χ0n) is 7.73. The number of rotatable bonds is 1. The highest BCUT2D eigenvalue weighted by molar-refractivity contribution is 5.57. The Balaban J connectivity index is 2.46. The van der Waals surface area contributed by atoms with Gasteiger partial charge in [-0.3, -0.25) is 4.98 Å². The van der Waals surface area contributed by atoms with Gasteiger partial charge in [-0.25, -0.2) is 4.98 Å². The third-order valence-corrected chi connectivity index (χ3v) is 1.88. The Bertz CT molecular complexity index is 418. The minimum absolute atomic E-state index is 0.971. The monoisotopic (exact) mass is 173 g/mol. The fourth-order valence-electron chi connectivity index (χ4n) is 1.26. The van der Waals surface area contributed by atoms with Crippen molar-refractivity contribution in [1.29, 1.82) is 0 Å². The van der Waals surface area contributed by atoms with Gasteiger partial charge in [0.25, 0.3) is 0 Å². The topological polar surface area (TPSA) is 30.7 Å². The maximum Gasteiger partial charge on any atom is 0.0951 e. The Morgan fingerprint density at radius 1 is 1.31 bits per heavy atom.